The first-order chi connectivity index (χ1) is 14.8. The molecule has 0 aliphatic rings. The van der Waals surface area contributed by atoms with Gasteiger partial charge in [-0.05, 0) is 48.9 Å². The van der Waals surface area contributed by atoms with E-state index >= 15 is 0 Å². The Hall–Kier alpha value is -3.47. The van der Waals surface area contributed by atoms with Gasteiger partial charge in [-0.2, -0.15) is 13.2 Å². The molecule has 6 nitrogen and oxygen atoms in total. The number of rotatable bonds is 5. The van der Waals surface area contributed by atoms with Crippen LogP contribution in [0.15, 0.2) is 59.6 Å². The van der Waals surface area contributed by atoms with Gasteiger partial charge >= 0.3 is 6.18 Å². The molecule has 0 aliphatic heterocycles. The fourth-order valence-electron chi connectivity index (χ4n) is 2.71. The Labute approximate surface area is 181 Å². The van der Waals surface area contributed by atoms with Crippen LogP contribution in [0.3, 0.4) is 0 Å². The van der Waals surface area contributed by atoms with Crippen molar-refractivity contribution in [2.75, 3.05) is 11.6 Å². The molecule has 2 aromatic carbocycles. The quantitative estimate of drug-likeness (QED) is 0.476. The lowest BCUT2D eigenvalue weighted by Crippen LogP contribution is -2.16. The highest BCUT2D eigenvalue weighted by Gasteiger charge is 2.34. The Morgan fingerprint density at radius 2 is 1.84 bits per heavy atom. The second-order valence-electron chi connectivity index (χ2n) is 6.90. The predicted molar refractivity (Wildman–Crippen MR) is 110 cm³/mol. The van der Waals surface area contributed by atoms with Crippen molar-refractivity contribution in [3.05, 3.63) is 77.4 Å². The van der Waals surface area contributed by atoms with Gasteiger partial charge in [0.1, 0.15) is 28.6 Å². The lowest BCUT2D eigenvalue weighted by Gasteiger charge is -2.15. The Balaban J connectivity index is 2.00. The third kappa shape index (κ3) is 5.41. The number of pyridine rings is 1. The molecule has 1 atom stereocenters. The molecule has 0 saturated carbocycles. The molecule has 0 radical (unpaired) electrons. The van der Waals surface area contributed by atoms with Gasteiger partial charge in [-0.3, -0.25) is 9.78 Å². The average Bonchev–Trinajstić information content (AvgIpc) is 2.69. The summed E-state index contributed by atoms with van der Waals surface area (Å²) in [5, 5.41) is 2.47. The van der Waals surface area contributed by atoms with Crippen LogP contribution in [0.1, 0.15) is 21.6 Å². The van der Waals surface area contributed by atoms with E-state index in [2.05, 4.69) is 10.3 Å². The van der Waals surface area contributed by atoms with Gasteiger partial charge in [-0.1, -0.05) is 6.07 Å². The minimum Gasteiger partial charge on any atom is -0.456 e. The number of nitrogens with one attached hydrogen (secondary N) is 2. The van der Waals surface area contributed by atoms with Crippen LogP contribution in [-0.4, -0.2) is 21.4 Å². The molecule has 3 aromatic rings. The van der Waals surface area contributed by atoms with Gasteiger partial charge in [0.25, 0.3) is 5.91 Å². The van der Waals surface area contributed by atoms with Crippen LogP contribution in [0.4, 0.5) is 23.2 Å². The van der Waals surface area contributed by atoms with E-state index in [0.717, 1.165) is 18.3 Å². The summed E-state index contributed by atoms with van der Waals surface area (Å²) in [5.41, 5.74) is -1.10. The van der Waals surface area contributed by atoms with Crippen LogP contribution in [0.2, 0.25) is 0 Å². The van der Waals surface area contributed by atoms with Crippen LogP contribution in [0, 0.1) is 17.5 Å². The third-order valence-electron chi connectivity index (χ3n) is 4.30. The van der Waals surface area contributed by atoms with Crippen LogP contribution in [-0.2, 0) is 15.9 Å². The van der Waals surface area contributed by atoms with Crippen molar-refractivity contribution < 1.29 is 31.3 Å². The molecule has 0 fully saturated rings. The Morgan fingerprint density at radius 3 is 2.47 bits per heavy atom. The number of hydrogen-bond donors (Lipinski definition) is 2. The first-order valence-electron chi connectivity index (χ1n) is 9.01. The Bertz CT molecular complexity index is 1290. The van der Waals surface area contributed by atoms with Crippen molar-refractivity contribution in [3.63, 3.8) is 0 Å². The number of hydrogen-bond acceptors (Lipinski definition) is 5. The minimum atomic E-state index is -4.78. The van der Waals surface area contributed by atoms with Gasteiger partial charge in [0.15, 0.2) is 0 Å². The molecule has 11 heteroatoms. The van der Waals surface area contributed by atoms with E-state index in [1.54, 1.807) is 0 Å². The van der Waals surface area contributed by atoms with E-state index in [1.807, 2.05) is 0 Å². The number of aryl methyl sites for hydroxylation is 1. The van der Waals surface area contributed by atoms with Crippen molar-refractivity contribution in [1.29, 1.82) is 4.78 Å². The van der Waals surface area contributed by atoms with Gasteiger partial charge in [-0.25, -0.2) is 13.4 Å². The van der Waals surface area contributed by atoms with Crippen molar-refractivity contribution in [3.8, 4) is 11.5 Å². The number of carbonyl (C=O) groups is 1. The van der Waals surface area contributed by atoms with Gasteiger partial charge in [0, 0.05) is 29.1 Å². The molecule has 1 aromatic heterocycles. The van der Waals surface area contributed by atoms with Gasteiger partial charge < -0.3 is 10.1 Å². The molecule has 0 bridgehead atoms. The molecular formula is C21H17F4N3O3S. The highest BCUT2D eigenvalue weighted by atomic mass is 32.2. The Kier molecular flexibility index (Phi) is 6.22. The lowest BCUT2D eigenvalue weighted by molar-refractivity contribution is -0.141. The number of halogens is 4. The maximum atomic E-state index is 13.4. The van der Waals surface area contributed by atoms with E-state index in [0.29, 0.717) is 11.6 Å². The second kappa shape index (κ2) is 8.58. The Morgan fingerprint density at radius 1 is 1.12 bits per heavy atom. The first-order valence-corrected chi connectivity index (χ1v) is 11.0. The normalized spacial score (nSPS) is 13.3. The van der Waals surface area contributed by atoms with Crippen LogP contribution < -0.4 is 10.1 Å². The molecule has 1 unspecified atom stereocenters. The summed E-state index contributed by atoms with van der Waals surface area (Å²) in [4.78, 5) is 16.3. The molecular weight excluding hydrogens is 450 g/mol. The topological polar surface area (TPSA) is 92.1 Å². The SMILES string of the molecule is Cc1cc(F)ccc1Oc1cc(C(F)(F)F)ncc1C(=O)Nc1cccc(S(C)(=N)=O)c1. The summed E-state index contributed by atoms with van der Waals surface area (Å²) in [6.07, 6.45) is -2.84. The standard InChI is InChI=1S/C21H17F4N3O3S/c1-12-8-13(22)6-7-17(12)31-18-10-19(21(23,24)25)27-11-16(18)20(29)28-14-4-3-5-15(9-14)32(2,26)30/h3-11,26H,1-2H3,(H,28,29). The summed E-state index contributed by atoms with van der Waals surface area (Å²) in [6, 6.07) is 9.75. The monoisotopic (exact) mass is 467 g/mol. The number of alkyl halides is 3. The minimum absolute atomic E-state index is 0.0571. The molecule has 0 aliphatic carbocycles. The summed E-state index contributed by atoms with van der Waals surface area (Å²) in [6.45, 7) is 1.50. The smallest absolute Gasteiger partial charge is 0.433 e. The highest BCUT2D eigenvalue weighted by Crippen LogP contribution is 2.34. The van der Waals surface area contributed by atoms with Crippen LogP contribution in [0.5, 0.6) is 11.5 Å². The molecule has 32 heavy (non-hydrogen) atoms. The zero-order valence-corrected chi connectivity index (χ0v) is 17.6. The average molecular weight is 467 g/mol. The summed E-state index contributed by atoms with van der Waals surface area (Å²) < 4.78 is 77.9. The number of benzene rings is 2. The fraction of sp³-hybridized carbons (Fsp3) is 0.143. The maximum Gasteiger partial charge on any atom is 0.433 e. The maximum absolute atomic E-state index is 13.4. The molecule has 1 amide bonds. The van der Waals surface area contributed by atoms with Gasteiger partial charge in [0.05, 0.1) is 9.73 Å². The van der Waals surface area contributed by atoms with Gasteiger partial charge in [0.2, 0.25) is 0 Å². The van der Waals surface area contributed by atoms with Crippen LogP contribution >= 0.6 is 0 Å². The van der Waals surface area contributed by atoms with E-state index < -0.39 is 39.1 Å². The molecule has 0 saturated heterocycles. The molecule has 1 heterocycles. The van der Waals surface area contributed by atoms with Crippen molar-refractivity contribution in [1.82, 2.24) is 4.98 Å². The molecule has 3 rings (SSSR count). The zero-order valence-electron chi connectivity index (χ0n) is 16.8. The largest absolute Gasteiger partial charge is 0.456 e. The fourth-order valence-corrected chi connectivity index (χ4v) is 3.40. The lowest BCUT2D eigenvalue weighted by atomic mass is 10.2. The highest BCUT2D eigenvalue weighted by molar-refractivity contribution is 7.91. The molecule has 0 spiro atoms. The first kappa shape index (κ1) is 23.2. The molecule has 2 N–H and O–H groups in total. The zero-order chi connectivity index (χ0) is 23.7. The van der Waals surface area contributed by atoms with E-state index in [9.17, 15) is 26.6 Å². The van der Waals surface area contributed by atoms with Gasteiger partial charge in [-0.15, -0.1) is 0 Å². The number of amides is 1. The summed E-state index contributed by atoms with van der Waals surface area (Å²) >= 11 is 0. The van der Waals surface area contributed by atoms with Crippen LogP contribution in [0.25, 0.3) is 0 Å². The third-order valence-corrected chi connectivity index (χ3v) is 5.45. The van der Waals surface area contributed by atoms with E-state index in [4.69, 9.17) is 9.52 Å². The van der Waals surface area contributed by atoms with E-state index in [1.165, 1.54) is 43.5 Å². The second-order valence-corrected chi connectivity index (χ2v) is 9.06. The number of nitrogens with zero attached hydrogens (tertiary/aromatic N) is 1. The van der Waals surface area contributed by atoms with E-state index in [-0.39, 0.29) is 21.9 Å². The van der Waals surface area contributed by atoms with Crippen molar-refractivity contribution in [2.45, 2.75) is 18.0 Å². The number of carbonyl (C=O) groups excluding carboxylic acids is 1. The number of aromatic nitrogens is 1. The predicted octanol–water partition coefficient (Wildman–Crippen LogP) is 5.63. The summed E-state index contributed by atoms with van der Waals surface area (Å²) in [5.74, 6) is -1.77. The number of ether oxygens (including phenoxy) is 1. The van der Waals surface area contributed by atoms with Crippen molar-refractivity contribution in [2.24, 2.45) is 0 Å². The van der Waals surface area contributed by atoms with Crippen molar-refractivity contribution >= 4 is 21.3 Å². The number of anilines is 1. The summed E-state index contributed by atoms with van der Waals surface area (Å²) in [7, 11) is -3.05. The molecule has 168 valence electrons.